The largest absolute Gasteiger partial charge is 0.507 e. The molecule has 5 rings (SSSR count). The van der Waals surface area contributed by atoms with Crippen LogP contribution in [0.3, 0.4) is 0 Å². The van der Waals surface area contributed by atoms with E-state index in [9.17, 15) is 55.5 Å². The number of aliphatic hydroxyl groups is 3. The van der Waals surface area contributed by atoms with Gasteiger partial charge >= 0.3 is 5.97 Å². The highest BCUT2D eigenvalue weighted by Crippen LogP contribution is 2.45. The summed E-state index contributed by atoms with van der Waals surface area (Å²) >= 11 is 0. The van der Waals surface area contributed by atoms with Gasteiger partial charge in [-0.15, -0.1) is 0 Å². The zero-order valence-corrected chi connectivity index (χ0v) is 22.4. The van der Waals surface area contributed by atoms with E-state index in [4.69, 9.17) is 13.9 Å². The maximum absolute atomic E-state index is 13.1. The third-order valence-electron chi connectivity index (χ3n) is 7.07. The van der Waals surface area contributed by atoms with Crippen LogP contribution in [0.4, 0.5) is 0 Å². The molecule has 0 aliphatic carbocycles. The number of hydrogen-bond donors (Lipinski definition) is 9. The molecule has 1 aliphatic rings. The van der Waals surface area contributed by atoms with Gasteiger partial charge in [0.1, 0.15) is 47.1 Å². The van der Waals surface area contributed by atoms with E-state index >= 15 is 0 Å². The van der Waals surface area contributed by atoms with Crippen molar-refractivity contribution in [1.82, 2.24) is 0 Å². The van der Waals surface area contributed by atoms with Gasteiger partial charge in [-0.3, -0.25) is 4.79 Å². The van der Waals surface area contributed by atoms with Gasteiger partial charge in [-0.05, 0) is 42.0 Å². The van der Waals surface area contributed by atoms with Gasteiger partial charge in [-0.2, -0.15) is 0 Å². The van der Waals surface area contributed by atoms with Gasteiger partial charge in [0.15, 0.2) is 40.1 Å². The number of phenols is 6. The van der Waals surface area contributed by atoms with E-state index in [0.29, 0.717) is 0 Å². The fraction of sp³-hybridized carbons (Fsp3) is 0.200. The molecule has 1 aromatic heterocycles. The Hall–Kier alpha value is -5.28. The first-order valence-corrected chi connectivity index (χ1v) is 13.0. The zero-order chi connectivity index (χ0) is 31.9. The van der Waals surface area contributed by atoms with Crippen molar-refractivity contribution < 1.29 is 64.6 Å². The smallest absolute Gasteiger partial charge is 0.331 e. The van der Waals surface area contributed by atoms with E-state index in [0.717, 1.165) is 36.4 Å². The van der Waals surface area contributed by atoms with Crippen LogP contribution in [-0.2, 0) is 14.3 Å². The highest BCUT2D eigenvalue weighted by Gasteiger charge is 2.49. The summed E-state index contributed by atoms with van der Waals surface area (Å²) in [5, 5.41) is 91.1. The molecule has 4 aromatic rings. The average Bonchev–Trinajstić information content (AvgIpc) is 2.98. The SMILES string of the molecule is O=C(C=Cc1ccc(O)c(O)c1)O[C@@H]1[C@@H](O)[C@H](O)[C@@H](CO)O[C@H]1c1c(O)cc(O)c2c(=O)cc(-c3ccc(O)c(O)c3)oc12. The van der Waals surface area contributed by atoms with E-state index in [1.807, 2.05) is 0 Å². The molecule has 5 atom stereocenters. The van der Waals surface area contributed by atoms with Crippen molar-refractivity contribution in [2.24, 2.45) is 0 Å². The molecule has 2 heterocycles. The Labute approximate surface area is 246 Å². The molecule has 14 heteroatoms. The number of ether oxygens (including phenoxy) is 2. The average molecular weight is 611 g/mol. The Kier molecular flexibility index (Phi) is 8.08. The van der Waals surface area contributed by atoms with Crippen LogP contribution in [0.5, 0.6) is 34.5 Å². The summed E-state index contributed by atoms with van der Waals surface area (Å²) in [5.74, 6) is -4.53. The Balaban J connectivity index is 1.62. The lowest BCUT2D eigenvalue weighted by molar-refractivity contribution is -0.239. The van der Waals surface area contributed by atoms with Crippen molar-refractivity contribution in [2.45, 2.75) is 30.5 Å². The van der Waals surface area contributed by atoms with Gasteiger partial charge < -0.3 is 59.8 Å². The zero-order valence-electron chi connectivity index (χ0n) is 22.4. The summed E-state index contributed by atoms with van der Waals surface area (Å²) in [4.78, 5) is 26.0. The lowest BCUT2D eigenvalue weighted by Gasteiger charge is -2.41. The molecule has 1 aliphatic heterocycles. The molecular formula is C30H26O14. The van der Waals surface area contributed by atoms with Crippen LogP contribution in [0, 0.1) is 0 Å². The first kappa shape index (κ1) is 30.2. The first-order valence-electron chi connectivity index (χ1n) is 13.0. The fourth-order valence-corrected chi connectivity index (χ4v) is 4.85. The number of aromatic hydroxyl groups is 6. The van der Waals surface area contributed by atoms with Crippen LogP contribution in [0.1, 0.15) is 17.2 Å². The molecule has 44 heavy (non-hydrogen) atoms. The molecule has 1 saturated heterocycles. The monoisotopic (exact) mass is 610 g/mol. The molecule has 0 unspecified atom stereocenters. The van der Waals surface area contributed by atoms with Gasteiger partial charge in [0, 0.05) is 23.8 Å². The lowest BCUT2D eigenvalue weighted by Crippen LogP contribution is -2.56. The Morgan fingerprint density at radius 1 is 0.818 bits per heavy atom. The fourth-order valence-electron chi connectivity index (χ4n) is 4.85. The predicted octanol–water partition coefficient (Wildman–Crippen LogP) is 1.47. The lowest BCUT2D eigenvalue weighted by atomic mass is 9.89. The molecule has 0 bridgehead atoms. The number of hydrogen-bond acceptors (Lipinski definition) is 14. The first-order chi connectivity index (χ1) is 20.9. The third-order valence-corrected chi connectivity index (χ3v) is 7.07. The minimum Gasteiger partial charge on any atom is -0.507 e. The highest BCUT2D eigenvalue weighted by molar-refractivity contribution is 5.90. The van der Waals surface area contributed by atoms with E-state index in [1.54, 1.807) is 0 Å². The Morgan fingerprint density at radius 3 is 2.16 bits per heavy atom. The summed E-state index contributed by atoms with van der Waals surface area (Å²) < 4.78 is 17.1. The molecule has 14 nitrogen and oxygen atoms in total. The van der Waals surface area contributed by atoms with Gasteiger partial charge in [-0.1, -0.05) is 6.07 Å². The van der Waals surface area contributed by atoms with Gasteiger partial charge in [0.05, 0.1) is 12.2 Å². The number of rotatable bonds is 6. The summed E-state index contributed by atoms with van der Waals surface area (Å²) in [6.07, 6.45) is -6.52. The second-order valence-corrected chi connectivity index (χ2v) is 9.95. The van der Waals surface area contributed by atoms with E-state index in [-0.39, 0.29) is 22.6 Å². The molecule has 0 amide bonds. The standard InChI is InChI=1S/C30H26O14/c31-11-22-26(40)27(41)30(44-23(39)6-2-12-1-4-14(32)16(34)7-12)29(43-22)25-19(37)9-18(36)24-20(38)10-21(42-28(24)25)13-3-5-15(33)17(35)8-13/h1-10,22,26-27,29-37,40-41H,11H2/t22-,26-,27+,29+,30-/m1/s1. The Bertz CT molecular complexity index is 1830. The van der Waals surface area contributed by atoms with E-state index in [1.165, 1.54) is 24.3 Å². The van der Waals surface area contributed by atoms with Crippen LogP contribution in [0.2, 0.25) is 0 Å². The Morgan fingerprint density at radius 2 is 1.50 bits per heavy atom. The minimum atomic E-state index is -1.91. The molecule has 230 valence electrons. The van der Waals surface area contributed by atoms with Crippen LogP contribution in [-0.4, -0.2) is 83.0 Å². The van der Waals surface area contributed by atoms with Crippen molar-refractivity contribution in [3.8, 4) is 45.8 Å². The molecular weight excluding hydrogens is 584 g/mol. The topological polar surface area (TPSA) is 248 Å². The minimum absolute atomic E-state index is 0.106. The molecule has 1 fully saturated rings. The number of phenolic OH excluding ortho intramolecular Hbond substituents is 6. The second kappa shape index (κ2) is 11.8. The number of benzene rings is 3. The molecule has 0 spiro atoms. The van der Waals surface area contributed by atoms with Crippen molar-refractivity contribution in [3.63, 3.8) is 0 Å². The molecule has 3 aromatic carbocycles. The van der Waals surface area contributed by atoms with E-state index < -0.39 is 93.8 Å². The number of aliphatic hydroxyl groups excluding tert-OH is 3. The maximum atomic E-state index is 13.1. The number of esters is 1. The molecule has 0 saturated carbocycles. The van der Waals surface area contributed by atoms with Crippen LogP contribution in [0.15, 0.2) is 63.8 Å². The van der Waals surface area contributed by atoms with Gasteiger partial charge in [-0.25, -0.2) is 4.79 Å². The van der Waals surface area contributed by atoms with E-state index in [2.05, 4.69) is 0 Å². The maximum Gasteiger partial charge on any atom is 0.331 e. The summed E-state index contributed by atoms with van der Waals surface area (Å²) in [6, 6.07) is 9.03. The summed E-state index contributed by atoms with van der Waals surface area (Å²) in [6.45, 7) is -0.821. The van der Waals surface area contributed by atoms with Crippen molar-refractivity contribution >= 4 is 23.0 Å². The second-order valence-electron chi connectivity index (χ2n) is 9.95. The van der Waals surface area contributed by atoms with Crippen LogP contribution >= 0.6 is 0 Å². The summed E-state index contributed by atoms with van der Waals surface area (Å²) in [7, 11) is 0. The number of carbonyl (C=O) groups excluding carboxylic acids is 1. The van der Waals surface area contributed by atoms with Crippen LogP contribution in [0.25, 0.3) is 28.4 Å². The van der Waals surface area contributed by atoms with Crippen molar-refractivity contribution in [3.05, 3.63) is 76.0 Å². The van der Waals surface area contributed by atoms with Gasteiger partial charge in [0.25, 0.3) is 0 Å². The summed E-state index contributed by atoms with van der Waals surface area (Å²) in [5.41, 5.74) is -1.29. The quantitative estimate of drug-likeness (QED) is 0.0852. The van der Waals surface area contributed by atoms with Crippen molar-refractivity contribution in [2.75, 3.05) is 6.61 Å². The number of carbonyl (C=O) groups is 1. The normalized spacial score (nSPS) is 21.9. The third kappa shape index (κ3) is 5.57. The molecule has 0 radical (unpaired) electrons. The predicted molar refractivity (Wildman–Crippen MR) is 150 cm³/mol. The highest BCUT2D eigenvalue weighted by atomic mass is 16.6. The van der Waals surface area contributed by atoms with Gasteiger partial charge in [0.2, 0.25) is 0 Å². The number of fused-ring (bicyclic) bond motifs is 1. The van der Waals surface area contributed by atoms with Crippen molar-refractivity contribution in [1.29, 1.82) is 0 Å². The molecule has 9 N–H and O–H groups in total. The van der Waals surface area contributed by atoms with Crippen LogP contribution < -0.4 is 5.43 Å².